The third kappa shape index (κ3) is 2.58. The quantitative estimate of drug-likeness (QED) is 0.834. The van der Waals surface area contributed by atoms with E-state index < -0.39 is 0 Å². The van der Waals surface area contributed by atoms with Crippen molar-refractivity contribution in [2.75, 3.05) is 6.54 Å². The second-order valence-corrected chi connectivity index (χ2v) is 3.99. The monoisotopic (exact) mass is 233 g/mol. The van der Waals surface area contributed by atoms with Gasteiger partial charge in [0.25, 0.3) is 0 Å². The molecular formula is C13H19N3O. The fourth-order valence-corrected chi connectivity index (χ4v) is 2.00. The van der Waals surface area contributed by atoms with Crippen LogP contribution in [0, 0.1) is 0 Å². The van der Waals surface area contributed by atoms with Gasteiger partial charge in [0.05, 0.1) is 12.0 Å². The molecule has 2 heterocycles. The minimum Gasteiger partial charge on any atom is -0.467 e. The predicted octanol–water partition coefficient (Wildman–Crippen LogP) is 2.59. The van der Waals surface area contributed by atoms with E-state index in [0.717, 1.165) is 31.0 Å². The summed E-state index contributed by atoms with van der Waals surface area (Å²) in [6.07, 6.45) is 4.63. The Labute approximate surface area is 102 Å². The smallest absolute Gasteiger partial charge is 0.126 e. The van der Waals surface area contributed by atoms with Crippen molar-refractivity contribution in [1.82, 2.24) is 15.1 Å². The molecule has 1 atom stereocenters. The van der Waals surface area contributed by atoms with Crippen LogP contribution in [0.3, 0.4) is 0 Å². The maximum Gasteiger partial charge on any atom is 0.126 e. The molecule has 0 bridgehead atoms. The first-order valence-corrected chi connectivity index (χ1v) is 6.15. The fourth-order valence-electron chi connectivity index (χ4n) is 2.00. The normalized spacial score (nSPS) is 12.8. The van der Waals surface area contributed by atoms with E-state index in [2.05, 4.69) is 24.3 Å². The lowest BCUT2D eigenvalue weighted by atomic mass is 10.1. The van der Waals surface area contributed by atoms with Crippen molar-refractivity contribution in [1.29, 1.82) is 0 Å². The van der Waals surface area contributed by atoms with Crippen LogP contribution < -0.4 is 5.32 Å². The molecule has 0 aliphatic rings. The molecule has 0 aromatic carbocycles. The molecule has 17 heavy (non-hydrogen) atoms. The van der Waals surface area contributed by atoms with Crippen molar-refractivity contribution >= 4 is 0 Å². The lowest BCUT2D eigenvalue weighted by Gasteiger charge is -2.17. The van der Waals surface area contributed by atoms with Gasteiger partial charge >= 0.3 is 0 Å². The van der Waals surface area contributed by atoms with Crippen molar-refractivity contribution in [3.05, 3.63) is 42.1 Å². The van der Waals surface area contributed by atoms with Gasteiger partial charge in [0, 0.05) is 12.7 Å². The summed E-state index contributed by atoms with van der Waals surface area (Å²) in [6.45, 7) is 6.07. The van der Waals surface area contributed by atoms with Crippen molar-refractivity contribution in [2.45, 2.75) is 32.9 Å². The van der Waals surface area contributed by atoms with E-state index >= 15 is 0 Å². The highest BCUT2D eigenvalue weighted by Crippen LogP contribution is 2.22. The Morgan fingerprint density at radius 3 is 2.94 bits per heavy atom. The molecule has 2 aromatic heterocycles. The molecule has 92 valence electrons. The third-order valence-corrected chi connectivity index (χ3v) is 2.72. The molecule has 4 nitrogen and oxygen atoms in total. The summed E-state index contributed by atoms with van der Waals surface area (Å²) in [7, 11) is 0. The molecule has 1 unspecified atom stereocenters. The van der Waals surface area contributed by atoms with E-state index in [1.165, 1.54) is 0 Å². The molecule has 1 N–H and O–H groups in total. The predicted molar refractivity (Wildman–Crippen MR) is 66.7 cm³/mol. The number of nitrogens with one attached hydrogen (secondary N) is 1. The largest absolute Gasteiger partial charge is 0.467 e. The molecule has 0 saturated carbocycles. The van der Waals surface area contributed by atoms with Crippen LogP contribution in [0.2, 0.25) is 0 Å². The van der Waals surface area contributed by atoms with Gasteiger partial charge in [-0.1, -0.05) is 13.8 Å². The van der Waals surface area contributed by atoms with E-state index in [0.29, 0.717) is 0 Å². The molecule has 0 aliphatic heterocycles. The zero-order chi connectivity index (χ0) is 12.1. The molecule has 4 heteroatoms. The maximum absolute atomic E-state index is 5.50. The summed E-state index contributed by atoms with van der Waals surface area (Å²) in [4.78, 5) is 0. The Balaban J connectivity index is 2.29. The molecule has 0 amide bonds. The summed E-state index contributed by atoms with van der Waals surface area (Å²) in [6, 6.07) is 6.05. The Hall–Kier alpha value is -1.55. The number of hydrogen-bond donors (Lipinski definition) is 1. The molecular weight excluding hydrogens is 214 g/mol. The fraction of sp³-hybridized carbons (Fsp3) is 0.462. The van der Waals surface area contributed by atoms with Gasteiger partial charge in [-0.25, -0.2) is 0 Å². The molecule has 0 aliphatic carbocycles. The van der Waals surface area contributed by atoms with Gasteiger partial charge in [-0.15, -0.1) is 0 Å². The van der Waals surface area contributed by atoms with Gasteiger partial charge in [-0.2, -0.15) is 5.10 Å². The average Bonchev–Trinajstić information content (AvgIpc) is 2.97. The van der Waals surface area contributed by atoms with Crippen LogP contribution in [-0.4, -0.2) is 16.3 Å². The second-order valence-electron chi connectivity index (χ2n) is 3.99. The zero-order valence-corrected chi connectivity index (χ0v) is 10.4. The van der Waals surface area contributed by atoms with Gasteiger partial charge in [0.1, 0.15) is 11.8 Å². The Bertz CT molecular complexity index is 433. The lowest BCUT2D eigenvalue weighted by Crippen LogP contribution is -2.24. The van der Waals surface area contributed by atoms with Crippen LogP contribution in [0.25, 0.3) is 0 Å². The minimum atomic E-state index is 0.0871. The highest BCUT2D eigenvalue weighted by atomic mass is 16.3. The van der Waals surface area contributed by atoms with Gasteiger partial charge in [-0.05, 0) is 31.2 Å². The van der Waals surface area contributed by atoms with Crippen LogP contribution in [0.1, 0.15) is 37.8 Å². The van der Waals surface area contributed by atoms with Crippen LogP contribution in [0.4, 0.5) is 0 Å². The van der Waals surface area contributed by atoms with Crippen LogP contribution in [-0.2, 0) is 6.54 Å². The van der Waals surface area contributed by atoms with Gasteiger partial charge in [-0.3, -0.25) is 4.68 Å². The summed E-state index contributed by atoms with van der Waals surface area (Å²) < 4.78 is 7.54. The molecule has 2 rings (SSSR count). The first-order chi connectivity index (χ1) is 8.36. The first-order valence-electron chi connectivity index (χ1n) is 6.15. The topological polar surface area (TPSA) is 43.0 Å². The van der Waals surface area contributed by atoms with Crippen LogP contribution in [0.5, 0.6) is 0 Å². The summed E-state index contributed by atoms with van der Waals surface area (Å²) in [5, 5.41) is 7.79. The highest BCUT2D eigenvalue weighted by Gasteiger charge is 2.19. The average molecular weight is 233 g/mol. The Morgan fingerprint density at radius 2 is 2.29 bits per heavy atom. The Kier molecular flexibility index (Phi) is 3.98. The van der Waals surface area contributed by atoms with E-state index in [-0.39, 0.29) is 6.04 Å². The summed E-state index contributed by atoms with van der Waals surface area (Å²) >= 11 is 0. The zero-order valence-electron chi connectivity index (χ0n) is 10.4. The maximum atomic E-state index is 5.50. The highest BCUT2D eigenvalue weighted by molar-refractivity contribution is 5.19. The van der Waals surface area contributed by atoms with Crippen molar-refractivity contribution in [3.63, 3.8) is 0 Å². The first kappa shape index (κ1) is 11.9. The van der Waals surface area contributed by atoms with Gasteiger partial charge in [0.15, 0.2) is 0 Å². The number of aromatic nitrogens is 2. The van der Waals surface area contributed by atoms with E-state index in [4.69, 9.17) is 4.42 Å². The van der Waals surface area contributed by atoms with Crippen molar-refractivity contribution in [2.24, 2.45) is 0 Å². The number of aryl methyl sites for hydroxylation is 1. The molecule has 0 radical (unpaired) electrons. The molecule has 0 spiro atoms. The summed E-state index contributed by atoms with van der Waals surface area (Å²) in [5.74, 6) is 0.935. The van der Waals surface area contributed by atoms with E-state index in [9.17, 15) is 0 Å². The molecule has 0 saturated heterocycles. The van der Waals surface area contributed by atoms with Crippen molar-refractivity contribution in [3.8, 4) is 0 Å². The van der Waals surface area contributed by atoms with E-state index in [1.54, 1.807) is 6.26 Å². The van der Waals surface area contributed by atoms with Gasteiger partial charge in [0.2, 0.25) is 0 Å². The van der Waals surface area contributed by atoms with Crippen LogP contribution in [0.15, 0.2) is 35.1 Å². The SMILES string of the molecule is CCCn1nccc1C(NCC)c1ccco1. The van der Waals surface area contributed by atoms with E-state index in [1.807, 2.05) is 29.1 Å². The minimum absolute atomic E-state index is 0.0871. The third-order valence-electron chi connectivity index (χ3n) is 2.72. The van der Waals surface area contributed by atoms with Crippen molar-refractivity contribution < 1.29 is 4.42 Å². The molecule has 2 aromatic rings. The summed E-state index contributed by atoms with van der Waals surface area (Å²) in [5.41, 5.74) is 1.16. The molecule has 0 fully saturated rings. The number of furan rings is 1. The number of hydrogen-bond acceptors (Lipinski definition) is 3. The second kappa shape index (κ2) is 5.68. The lowest BCUT2D eigenvalue weighted by molar-refractivity contribution is 0.428. The Morgan fingerprint density at radius 1 is 1.41 bits per heavy atom. The number of nitrogens with zero attached hydrogens (tertiary/aromatic N) is 2. The standard InChI is InChI=1S/C13H19N3O/c1-3-9-16-11(7-8-15-16)13(14-4-2)12-6-5-10-17-12/h5-8,10,13-14H,3-4,9H2,1-2H3. The number of rotatable bonds is 6. The van der Waals surface area contributed by atoms with Gasteiger partial charge < -0.3 is 9.73 Å². The van der Waals surface area contributed by atoms with Crippen LogP contribution >= 0.6 is 0 Å².